The molecule has 2 fully saturated rings. The number of carbonyl (C=O) groups excluding carboxylic acids is 1. The summed E-state index contributed by atoms with van der Waals surface area (Å²) in [5.74, 6) is -0.182. The molecule has 1 aliphatic carbocycles. The van der Waals surface area contributed by atoms with Crippen LogP contribution >= 0.6 is 0 Å². The number of pyridine rings is 1. The number of amides is 1. The van der Waals surface area contributed by atoms with Crippen molar-refractivity contribution in [2.75, 3.05) is 11.4 Å². The molecule has 0 radical (unpaired) electrons. The first kappa shape index (κ1) is 18.6. The number of anilines is 1. The van der Waals surface area contributed by atoms with Crippen LogP contribution in [0.15, 0.2) is 36.5 Å². The lowest BCUT2D eigenvalue weighted by Gasteiger charge is -2.14. The standard InChI is InChI=1S/C19H16F2N6O3/c20-14-7-12(26-9-16(17(21)28)30-19(26)29)4-5-13(14)10-1-6-15(22-8-10)18-23-25-27(24-18)11-2-3-11/h1,4-8,11,16-17,28H,2-3,9H2/t16-,17?/m0/s1. The van der Waals surface area contributed by atoms with Gasteiger partial charge in [0.05, 0.1) is 18.3 Å². The van der Waals surface area contributed by atoms with E-state index < -0.39 is 24.4 Å². The molecule has 1 saturated heterocycles. The second-order valence-electron chi connectivity index (χ2n) is 7.17. The van der Waals surface area contributed by atoms with Crippen LogP contribution in [0.5, 0.6) is 0 Å². The molecule has 2 aromatic heterocycles. The zero-order valence-corrected chi connectivity index (χ0v) is 15.5. The normalized spacial score (nSPS) is 19.8. The van der Waals surface area contributed by atoms with E-state index in [0.29, 0.717) is 23.1 Å². The molecule has 30 heavy (non-hydrogen) atoms. The highest BCUT2D eigenvalue weighted by atomic mass is 19.1. The quantitative estimate of drug-likeness (QED) is 0.684. The Hall–Kier alpha value is -3.47. The molecule has 1 unspecified atom stereocenters. The van der Waals surface area contributed by atoms with Crippen molar-refractivity contribution in [2.24, 2.45) is 0 Å². The number of hydrogen-bond acceptors (Lipinski definition) is 7. The Bertz CT molecular complexity index is 1100. The Kier molecular flexibility index (Phi) is 4.39. The molecule has 3 aromatic rings. The highest BCUT2D eigenvalue weighted by molar-refractivity contribution is 5.90. The predicted octanol–water partition coefficient (Wildman–Crippen LogP) is 2.49. The number of tetrazole rings is 1. The summed E-state index contributed by atoms with van der Waals surface area (Å²) in [6, 6.07) is 7.85. The van der Waals surface area contributed by atoms with Crippen molar-refractivity contribution in [2.45, 2.75) is 31.3 Å². The average molecular weight is 414 g/mol. The van der Waals surface area contributed by atoms with Gasteiger partial charge in [-0.2, -0.15) is 4.80 Å². The number of nitrogens with zero attached hydrogens (tertiary/aromatic N) is 6. The van der Waals surface area contributed by atoms with Gasteiger partial charge in [-0.25, -0.2) is 13.6 Å². The van der Waals surface area contributed by atoms with Gasteiger partial charge < -0.3 is 9.84 Å². The highest BCUT2D eigenvalue weighted by Gasteiger charge is 2.37. The van der Waals surface area contributed by atoms with Gasteiger partial charge in [0, 0.05) is 17.3 Å². The molecule has 0 spiro atoms. The number of aliphatic hydroxyl groups excluding tert-OH is 1. The number of rotatable bonds is 5. The molecule has 1 aromatic carbocycles. The van der Waals surface area contributed by atoms with Crippen LogP contribution in [0.3, 0.4) is 0 Å². The van der Waals surface area contributed by atoms with Gasteiger partial charge in [-0.05, 0) is 42.3 Å². The van der Waals surface area contributed by atoms with E-state index in [9.17, 15) is 13.6 Å². The van der Waals surface area contributed by atoms with Gasteiger partial charge in [-0.3, -0.25) is 9.88 Å². The summed E-state index contributed by atoms with van der Waals surface area (Å²) in [6.45, 7) is -0.208. The molecule has 2 aliphatic rings. The van der Waals surface area contributed by atoms with E-state index in [2.05, 4.69) is 20.4 Å². The van der Waals surface area contributed by atoms with Crippen molar-refractivity contribution >= 4 is 11.8 Å². The molecule has 1 N–H and O–H groups in total. The predicted molar refractivity (Wildman–Crippen MR) is 99.4 cm³/mol. The van der Waals surface area contributed by atoms with Crippen LogP contribution in [0.4, 0.5) is 19.3 Å². The maximum atomic E-state index is 14.7. The van der Waals surface area contributed by atoms with Crippen molar-refractivity contribution < 1.29 is 23.4 Å². The number of cyclic esters (lactones) is 1. The van der Waals surface area contributed by atoms with Gasteiger partial charge in [0.15, 0.2) is 6.10 Å². The first-order valence-electron chi connectivity index (χ1n) is 9.36. The maximum Gasteiger partial charge on any atom is 0.414 e. The Morgan fingerprint density at radius 3 is 2.70 bits per heavy atom. The molecule has 11 heteroatoms. The van der Waals surface area contributed by atoms with Crippen molar-refractivity contribution in [3.8, 4) is 22.6 Å². The first-order valence-corrected chi connectivity index (χ1v) is 9.36. The van der Waals surface area contributed by atoms with E-state index in [4.69, 9.17) is 9.84 Å². The zero-order valence-electron chi connectivity index (χ0n) is 15.5. The third-order valence-corrected chi connectivity index (χ3v) is 5.01. The number of alkyl halides is 1. The smallest absolute Gasteiger partial charge is 0.414 e. The number of aromatic nitrogens is 5. The summed E-state index contributed by atoms with van der Waals surface area (Å²) in [7, 11) is 0. The fourth-order valence-electron chi connectivity index (χ4n) is 3.22. The maximum absolute atomic E-state index is 14.7. The minimum absolute atomic E-state index is 0.204. The second kappa shape index (κ2) is 7.10. The van der Waals surface area contributed by atoms with E-state index in [-0.39, 0.29) is 17.8 Å². The van der Waals surface area contributed by atoms with Crippen LogP contribution < -0.4 is 4.90 Å². The van der Waals surface area contributed by atoms with E-state index in [1.165, 1.54) is 18.3 Å². The number of benzene rings is 1. The molecule has 1 amide bonds. The highest BCUT2D eigenvalue weighted by Crippen LogP contribution is 2.33. The Balaban J connectivity index is 1.36. The van der Waals surface area contributed by atoms with Crippen LogP contribution in [-0.2, 0) is 4.74 Å². The minimum atomic E-state index is -2.30. The molecule has 3 heterocycles. The van der Waals surface area contributed by atoms with Gasteiger partial charge in [-0.15, -0.1) is 10.2 Å². The Morgan fingerprint density at radius 1 is 1.23 bits per heavy atom. The van der Waals surface area contributed by atoms with E-state index in [1.54, 1.807) is 16.9 Å². The average Bonchev–Trinajstić information content (AvgIpc) is 3.33. The van der Waals surface area contributed by atoms with E-state index >= 15 is 0 Å². The summed E-state index contributed by atoms with van der Waals surface area (Å²) < 4.78 is 32.4. The monoisotopic (exact) mass is 414 g/mol. The van der Waals surface area contributed by atoms with Gasteiger partial charge >= 0.3 is 6.09 Å². The summed E-state index contributed by atoms with van der Waals surface area (Å²) in [6.07, 6.45) is -0.855. The lowest BCUT2D eigenvalue weighted by atomic mass is 10.1. The molecular formula is C19H16F2N6O3. The number of halogens is 2. The second-order valence-corrected chi connectivity index (χ2v) is 7.17. The third-order valence-electron chi connectivity index (χ3n) is 5.01. The summed E-state index contributed by atoms with van der Waals surface area (Å²) >= 11 is 0. The number of hydrogen-bond donors (Lipinski definition) is 1. The fraction of sp³-hybridized carbons (Fsp3) is 0.316. The van der Waals surface area contributed by atoms with Crippen molar-refractivity contribution in [3.63, 3.8) is 0 Å². The topological polar surface area (TPSA) is 106 Å². The number of aliphatic hydroxyl groups is 1. The first-order chi connectivity index (χ1) is 14.5. The lowest BCUT2D eigenvalue weighted by Crippen LogP contribution is -2.28. The van der Waals surface area contributed by atoms with Crippen LogP contribution in [0.25, 0.3) is 22.6 Å². The van der Waals surface area contributed by atoms with Crippen LogP contribution in [0.2, 0.25) is 0 Å². The van der Waals surface area contributed by atoms with Crippen molar-refractivity contribution in [3.05, 3.63) is 42.3 Å². The molecule has 2 atom stereocenters. The molecule has 1 aliphatic heterocycles. The van der Waals surface area contributed by atoms with E-state index in [1.807, 2.05) is 0 Å². The third kappa shape index (κ3) is 3.36. The lowest BCUT2D eigenvalue weighted by molar-refractivity contribution is -0.0503. The van der Waals surface area contributed by atoms with Gasteiger partial charge in [0.2, 0.25) is 12.2 Å². The molecule has 154 valence electrons. The van der Waals surface area contributed by atoms with Gasteiger partial charge in [-0.1, -0.05) is 6.07 Å². The van der Waals surface area contributed by atoms with E-state index in [0.717, 1.165) is 23.8 Å². The fourth-order valence-corrected chi connectivity index (χ4v) is 3.22. The molecule has 0 bridgehead atoms. The SMILES string of the molecule is O=C1O[C@H](C(O)F)CN1c1ccc(-c2ccc(-c3nnn(C4CC4)n3)nc2)c(F)c1. The summed E-state index contributed by atoms with van der Waals surface area (Å²) in [5, 5.41) is 21.3. The Morgan fingerprint density at radius 2 is 2.07 bits per heavy atom. The minimum Gasteiger partial charge on any atom is -0.438 e. The summed E-state index contributed by atoms with van der Waals surface area (Å²) in [5.41, 5.74) is 1.54. The molecule has 9 nitrogen and oxygen atoms in total. The van der Waals surface area contributed by atoms with Crippen molar-refractivity contribution in [1.82, 2.24) is 25.2 Å². The number of ether oxygens (including phenoxy) is 1. The van der Waals surface area contributed by atoms with Crippen LogP contribution in [0, 0.1) is 5.82 Å². The zero-order chi connectivity index (χ0) is 20.8. The molecular weight excluding hydrogens is 398 g/mol. The Labute approximate surface area is 168 Å². The van der Waals surface area contributed by atoms with Gasteiger partial charge in [0.25, 0.3) is 0 Å². The number of carbonyl (C=O) groups is 1. The van der Waals surface area contributed by atoms with Crippen LogP contribution in [-0.4, -0.2) is 55.4 Å². The van der Waals surface area contributed by atoms with Crippen LogP contribution in [0.1, 0.15) is 18.9 Å². The summed E-state index contributed by atoms with van der Waals surface area (Å²) in [4.78, 5) is 18.8. The molecule has 5 rings (SSSR count). The van der Waals surface area contributed by atoms with Crippen molar-refractivity contribution in [1.29, 1.82) is 0 Å². The molecule has 1 saturated carbocycles. The van der Waals surface area contributed by atoms with Gasteiger partial charge in [0.1, 0.15) is 11.5 Å². The largest absolute Gasteiger partial charge is 0.438 e.